The molecule has 0 aromatic heterocycles. The van der Waals surface area contributed by atoms with Crippen molar-refractivity contribution in [2.75, 3.05) is 11.9 Å². The van der Waals surface area contributed by atoms with Crippen molar-refractivity contribution in [1.82, 2.24) is 5.32 Å². The van der Waals surface area contributed by atoms with Crippen LogP contribution in [0.4, 0.5) is 5.69 Å². The summed E-state index contributed by atoms with van der Waals surface area (Å²) in [4.78, 5) is 22.6. The zero-order valence-corrected chi connectivity index (χ0v) is 9.83. The molecule has 2 amide bonds. The molecule has 0 aliphatic rings. The van der Waals surface area contributed by atoms with Crippen molar-refractivity contribution >= 4 is 17.5 Å². The molecule has 0 aliphatic heterocycles. The minimum absolute atomic E-state index is 0.172. The molecule has 0 saturated heterocycles. The number of carbonyl (C=O) groups is 2. The highest BCUT2D eigenvalue weighted by Gasteiger charge is 2.07. The van der Waals surface area contributed by atoms with Crippen molar-refractivity contribution in [2.45, 2.75) is 13.8 Å². The van der Waals surface area contributed by atoms with Crippen LogP contribution in [0.1, 0.15) is 22.8 Å². The van der Waals surface area contributed by atoms with Crippen LogP contribution in [0.15, 0.2) is 18.2 Å². The van der Waals surface area contributed by atoms with E-state index in [1.165, 1.54) is 6.92 Å². The summed E-state index contributed by atoms with van der Waals surface area (Å²) in [6, 6.07) is 5.09. The standard InChI is InChI=1S/C13H14N2O2/c1-4-7-14-13(17)11-6-5-9(2)12(8-11)15-10(3)16/h1,5-6,8H,7H2,2-3H3,(H,14,17)(H,15,16). The average molecular weight is 230 g/mol. The van der Waals surface area contributed by atoms with Gasteiger partial charge in [-0.05, 0) is 24.6 Å². The number of aryl methyl sites for hydroxylation is 1. The zero-order chi connectivity index (χ0) is 12.8. The Labute approximate surface area is 100 Å². The second-order valence-corrected chi connectivity index (χ2v) is 3.60. The van der Waals surface area contributed by atoms with Crippen molar-refractivity contribution < 1.29 is 9.59 Å². The highest BCUT2D eigenvalue weighted by Crippen LogP contribution is 2.16. The first kappa shape index (κ1) is 12.8. The van der Waals surface area contributed by atoms with E-state index in [2.05, 4.69) is 16.6 Å². The molecule has 4 heteroatoms. The van der Waals surface area contributed by atoms with E-state index in [1.807, 2.05) is 6.92 Å². The van der Waals surface area contributed by atoms with Gasteiger partial charge in [-0.3, -0.25) is 9.59 Å². The molecule has 2 N–H and O–H groups in total. The predicted octanol–water partition coefficient (Wildman–Crippen LogP) is 1.32. The van der Waals surface area contributed by atoms with Gasteiger partial charge in [-0.15, -0.1) is 6.42 Å². The maximum absolute atomic E-state index is 11.6. The molecule has 0 spiro atoms. The van der Waals surface area contributed by atoms with Crippen LogP contribution in [0, 0.1) is 19.3 Å². The summed E-state index contributed by atoms with van der Waals surface area (Å²) in [5, 5.41) is 5.23. The van der Waals surface area contributed by atoms with E-state index in [0.717, 1.165) is 5.56 Å². The topological polar surface area (TPSA) is 58.2 Å². The first-order valence-electron chi connectivity index (χ1n) is 5.14. The predicted molar refractivity (Wildman–Crippen MR) is 66.6 cm³/mol. The van der Waals surface area contributed by atoms with E-state index in [-0.39, 0.29) is 18.4 Å². The molecule has 0 bridgehead atoms. The Morgan fingerprint density at radius 3 is 2.71 bits per heavy atom. The number of amides is 2. The summed E-state index contributed by atoms with van der Waals surface area (Å²) in [5.74, 6) is 1.90. The van der Waals surface area contributed by atoms with E-state index >= 15 is 0 Å². The van der Waals surface area contributed by atoms with Gasteiger partial charge >= 0.3 is 0 Å². The molecule has 0 unspecified atom stereocenters. The fourth-order valence-corrected chi connectivity index (χ4v) is 1.32. The smallest absolute Gasteiger partial charge is 0.252 e. The van der Waals surface area contributed by atoms with Gasteiger partial charge in [0.15, 0.2) is 0 Å². The zero-order valence-electron chi connectivity index (χ0n) is 9.83. The maximum Gasteiger partial charge on any atom is 0.252 e. The lowest BCUT2D eigenvalue weighted by molar-refractivity contribution is -0.114. The third kappa shape index (κ3) is 3.65. The van der Waals surface area contributed by atoms with Crippen LogP contribution in [0.3, 0.4) is 0 Å². The molecule has 1 aromatic rings. The van der Waals surface area contributed by atoms with Crippen LogP contribution in [-0.4, -0.2) is 18.4 Å². The van der Waals surface area contributed by atoms with Crippen molar-refractivity contribution in [3.63, 3.8) is 0 Å². The van der Waals surface area contributed by atoms with Gasteiger partial charge in [0.2, 0.25) is 5.91 Å². The highest BCUT2D eigenvalue weighted by molar-refractivity contribution is 5.97. The number of nitrogens with one attached hydrogen (secondary N) is 2. The summed E-state index contributed by atoms with van der Waals surface area (Å²) in [6.07, 6.45) is 5.05. The van der Waals surface area contributed by atoms with Crippen LogP contribution in [0.5, 0.6) is 0 Å². The third-order valence-corrected chi connectivity index (χ3v) is 2.16. The largest absolute Gasteiger partial charge is 0.341 e. The van der Waals surface area contributed by atoms with E-state index in [4.69, 9.17) is 6.42 Å². The second-order valence-electron chi connectivity index (χ2n) is 3.60. The minimum Gasteiger partial charge on any atom is -0.341 e. The Hall–Kier alpha value is -2.28. The minimum atomic E-state index is -0.255. The van der Waals surface area contributed by atoms with Gasteiger partial charge in [0, 0.05) is 18.2 Å². The molecule has 1 aromatic carbocycles. The fraction of sp³-hybridized carbons (Fsp3) is 0.231. The number of hydrogen-bond donors (Lipinski definition) is 2. The van der Waals surface area contributed by atoms with Crippen LogP contribution >= 0.6 is 0 Å². The molecule has 0 radical (unpaired) electrons. The van der Waals surface area contributed by atoms with E-state index < -0.39 is 0 Å². The Morgan fingerprint density at radius 2 is 2.12 bits per heavy atom. The molecule has 0 fully saturated rings. The number of carbonyl (C=O) groups excluding carboxylic acids is 2. The molecule has 0 atom stereocenters. The first-order chi connectivity index (χ1) is 8.04. The monoisotopic (exact) mass is 230 g/mol. The van der Waals surface area contributed by atoms with Gasteiger partial charge in [0.25, 0.3) is 5.91 Å². The summed E-state index contributed by atoms with van der Waals surface area (Å²) in [5.41, 5.74) is 1.99. The van der Waals surface area contributed by atoms with Crippen LogP contribution < -0.4 is 10.6 Å². The van der Waals surface area contributed by atoms with Crippen molar-refractivity contribution in [3.8, 4) is 12.3 Å². The second kappa shape index (κ2) is 5.71. The Morgan fingerprint density at radius 1 is 1.41 bits per heavy atom. The molecule has 1 rings (SSSR count). The number of terminal acetylenes is 1. The molecule has 4 nitrogen and oxygen atoms in total. The lowest BCUT2D eigenvalue weighted by atomic mass is 10.1. The van der Waals surface area contributed by atoms with E-state index in [1.54, 1.807) is 18.2 Å². The average Bonchev–Trinajstić information content (AvgIpc) is 2.28. The highest BCUT2D eigenvalue weighted by atomic mass is 16.2. The van der Waals surface area contributed by atoms with Crippen LogP contribution in [0.2, 0.25) is 0 Å². The first-order valence-corrected chi connectivity index (χ1v) is 5.14. The van der Waals surface area contributed by atoms with Gasteiger partial charge in [0.05, 0.1) is 6.54 Å². The molecule has 0 heterocycles. The van der Waals surface area contributed by atoms with Gasteiger partial charge < -0.3 is 10.6 Å². The third-order valence-electron chi connectivity index (χ3n) is 2.16. The van der Waals surface area contributed by atoms with E-state index in [9.17, 15) is 9.59 Å². The molecular formula is C13H14N2O2. The van der Waals surface area contributed by atoms with E-state index in [0.29, 0.717) is 11.3 Å². The maximum atomic E-state index is 11.6. The van der Waals surface area contributed by atoms with Crippen LogP contribution in [-0.2, 0) is 4.79 Å². The molecule has 0 saturated carbocycles. The fourth-order valence-electron chi connectivity index (χ4n) is 1.32. The van der Waals surface area contributed by atoms with Crippen molar-refractivity contribution in [1.29, 1.82) is 0 Å². The molecular weight excluding hydrogens is 216 g/mol. The summed E-state index contributed by atoms with van der Waals surface area (Å²) in [6.45, 7) is 3.46. The summed E-state index contributed by atoms with van der Waals surface area (Å²) >= 11 is 0. The van der Waals surface area contributed by atoms with Crippen LogP contribution in [0.25, 0.3) is 0 Å². The van der Waals surface area contributed by atoms with Gasteiger partial charge in [-0.2, -0.15) is 0 Å². The van der Waals surface area contributed by atoms with Crippen molar-refractivity contribution in [3.05, 3.63) is 29.3 Å². The Balaban J connectivity index is 2.92. The summed E-state index contributed by atoms with van der Waals surface area (Å²) in [7, 11) is 0. The SMILES string of the molecule is C#CCNC(=O)c1ccc(C)c(NC(C)=O)c1. The quantitative estimate of drug-likeness (QED) is 0.769. The van der Waals surface area contributed by atoms with Crippen molar-refractivity contribution in [2.24, 2.45) is 0 Å². The lowest BCUT2D eigenvalue weighted by Crippen LogP contribution is -2.23. The Bertz CT molecular complexity index is 487. The van der Waals surface area contributed by atoms with Gasteiger partial charge in [-0.25, -0.2) is 0 Å². The number of anilines is 1. The van der Waals surface area contributed by atoms with Gasteiger partial charge in [0.1, 0.15) is 0 Å². The van der Waals surface area contributed by atoms with Gasteiger partial charge in [-0.1, -0.05) is 12.0 Å². The number of benzene rings is 1. The normalized spacial score (nSPS) is 9.24. The number of hydrogen-bond acceptors (Lipinski definition) is 2. The Kier molecular flexibility index (Phi) is 4.29. The molecule has 88 valence electrons. The number of rotatable bonds is 3. The lowest BCUT2D eigenvalue weighted by Gasteiger charge is -2.08. The molecule has 0 aliphatic carbocycles. The summed E-state index contributed by atoms with van der Waals surface area (Å²) < 4.78 is 0. The molecule has 17 heavy (non-hydrogen) atoms.